The maximum Gasteiger partial charge on any atom is 0.311 e. The lowest BCUT2D eigenvalue weighted by atomic mass is 10.1. The maximum atomic E-state index is 10.8. The van der Waals surface area contributed by atoms with E-state index in [-0.39, 0.29) is 4.75 Å². The number of thioether (sulfide) groups is 2. The van der Waals surface area contributed by atoms with Gasteiger partial charge in [0.15, 0.2) is 33.3 Å². The van der Waals surface area contributed by atoms with Crippen molar-refractivity contribution in [2.45, 2.75) is 171 Å². The van der Waals surface area contributed by atoms with E-state index in [1.54, 1.807) is 23.5 Å². The van der Waals surface area contributed by atoms with Gasteiger partial charge in [0.2, 0.25) is 0 Å². The third-order valence-corrected chi connectivity index (χ3v) is 39.2. The fraction of sp³-hybridized carbons (Fsp3) is 0.631. The van der Waals surface area contributed by atoms with Gasteiger partial charge in [-0.25, -0.2) is 0 Å². The van der Waals surface area contributed by atoms with Gasteiger partial charge in [-0.2, -0.15) is 24.4 Å². The first-order chi connectivity index (χ1) is 40.6. The van der Waals surface area contributed by atoms with Crippen LogP contribution >= 0.6 is 36.2 Å². The van der Waals surface area contributed by atoms with Crippen LogP contribution in [-0.4, -0.2) is 179 Å². The first-order valence-corrected chi connectivity index (χ1v) is 52.1. The number of benzene rings is 3. The Bertz CT molecular complexity index is 2260. The summed E-state index contributed by atoms with van der Waals surface area (Å²) < 4.78 is 59.9. The van der Waals surface area contributed by atoms with Crippen LogP contribution in [0.5, 0.6) is 0 Å². The number of epoxide rings is 2. The smallest absolute Gasteiger partial charge is 0.311 e. The number of thiol groups is 1. The summed E-state index contributed by atoms with van der Waals surface area (Å²) in [5.74, 6) is 3.17. The molecule has 86 heavy (non-hydrogen) atoms. The number of aliphatic hydroxyl groups excluding tert-OH is 2. The van der Waals surface area contributed by atoms with E-state index >= 15 is 0 Å². The summed E-state index contributed by atoms with van der Waals surface area (Å²) in [6.07, 6.45) is 16.3. The SMILES string of the molecule is CC(C)(SC/C=C/c1ccccc1)C(O)COCCC[Si](C)(C)O[Si](C)(C)O[Si](C)(C)CCCOCC(O)CSC/C=C/c1ccccc1.C[Si](C)(CCCOCC1CO1)O[Si](C)(C)O[Si](C)(C)CCCOCC1CO1.SC/C=C/c1ccccc1. The van der Waals surface area contributed by atoms with Gasteiger partial charge in [-0.3, -0.25) is 0 Å². The van der Waals surface area contributed by atoms with Crippen LogP contribution in [0, 0.1) is 0 Å². The van der Waals surface area contributed by atoms with Crippen LogP contribution in [0.4, 0.5) is 0 Å². The predicted octanol–water partition coefficient (Wildman–Crippen LogP) is 15.7. The molecule has 0 spiro atoms. The molecule has 3 aromatic rings. The number of rotatable bonds is 44. The summed E-state index contributed by atoms with van der Waals surface area (Å²) in [6.45, 7) is 38.0. The molecule has 2 heterocycles. The molecule has 2 aliphatic heterocycles. The monoisotopic (exact) mass is 1350 g/mol. The minimum absolute atomic E-state index is 0.296. The minimum Gasteiger partial charge on any atom is -0.437 e. The van der Waals surface area contributed by atoms with Crippen molar-refractivity contribution in [1.29, 1.82) is 0 Å². The molecular weight excluding hydrogens is 1240 g/mol. The summed E-state index contributed by atoms with van der Waals surface area (Å²) in [5.41, 5.74) is 3.61. The van der Waals surface area contributed by atoms with Crippen LogP contribution in [-0.2, 0) is 44.9 Å². The van der Waals surface area contributed by atoms with Crippen molar-refractivity contribution in [2.75, 3.05) is 89.1 Å². The van der Waals surface area contributed by atoms with E-state index in [0.29, 0.717) is 44.4 Å². The lowest BCUT2D eigenvalue weighted by molar-refractivity contribution is 0.0221. The quantitative estimate of drug-likeness (QED) is 0.0214. The predicted molar refractivity (Wildman–Crippen MR) is 386 cm³/mol. The summed E-state index contributed by atoms with van der Waals surface area (Å²) in [6, 6.07) is 34.9. The molecule has 12 nitrogen and oxygen atoms in total. The summed E-state index contributed by atoms with van der Waals surface area (Å²) in [4.78, 5) is 0. The normalized spacial score (nSPS) is 16.7. The molecular formula is C65H114O12S3Si6. The molecule has 0 aliphatic carbocycles. The zero-order valence-corrected chi connectivity index (χ0v) is 63.8. The molecule has 2 N–H and O–H groups in total. The second kappa shape index (κ2) is 42.1. The van der Waals surface area contributed by atoms with Gasteiger partial charge in [0.05, 0.1) is 51.8 Å². The number of aliphatic hydroxyl groups is 2. The van der Waals surface area contributed by atoms with Crippen LogP contribution in [0.2, 0.25) is 103 Å². The van der Waals surface area contributed by atoms with E-state index in [9.17, 15) is 10.2 Å². The molecule has 0 bridgehead atoms. The highest BCUT2D eigenvalue weighted by atomic mass is 32.2. The Morgan fingerprint density at radius 1 is 0.512 bits per heavy atom. The lowest BCUT2D eigenvalue weighted by Gasteiger charge is -2.39. The molecule has 21 heteroatoms. The van der Waals surface area contributed by atoms with Gasteiger partial charge in [-0.1, -0.05) is 127 Å². The van der Waals surface area contributed by atoms with Crippen LogP contribution < -0.4 is 0 Å². The highest BCUT2D eigenvalue weighted by Crippen LogP contribution is 2.31. The van der Waals surface area contributed by atoms with Crippen molar-refractivity contribution in [1.82, 2.24) is 0 Å². The molecule has 2 aliphatic rings. The van der Waals surface area contributed by atoms with Crippen LogP contribution in [0.3, 0.4) is 0 Å². The molecule has 4 unspecified atom stereocenters. The third-order valence-electron chi connectivity index (χ3n) is 13.7. The first kappa shape index (κ1) is 79.0. The van der Waals surface area contributed by atoms with Gasteiger partial charge in [-0.15, -0.1) is 11.8 Å². The Hall–Kier alpha value is -1.25. The molecule has 0 saturated carbocycles. The van der Waals surface area contributed by atoms with E-state index < -0.39 is 62.6 Å². The molecule has 3 aromatic carbocycles. The largest absolute Gasteiger partial charge is 0.437 e. The fourth-order valence-electron chi connectivity index (χ4n) is 9.61. The van der Waals surface area contributed by atoms with Crippen molar-refractivity contribution in [3.63, 3.8) is 0 Å². The van der Waals surface area contributed by atoms with Crippen LogP contribution in [0.1, 0.15) is 56.2 Å². The summed E-state index contributed by atoms with van der Waals surface area (Å²) >= 11 is 7.52. The Morgan fingerprint density at radius 3 is 1.21 bits per heavy atom. The van der Waals surface area contributed by atoms with Gasteiger partial charge in [0.1, 0.15) is 12.2 Å². The highest BCUT2D eigenvalue weighted by Gasteiger charge is 2.41. The van der Waals surface area contributed by atoms with Gasteiger partial charge in [-0.05, 0) is 159 Å². The Kier molecular flexibility index (Phi) is 38.6. The van der Waals surface area contributed by atoms with Gasteiger partial charge < -0.3 is 55.1 Å². The van der Waals surface area contributed by atoms with Crippen molar-refractivity contribution < 1.29 is 55.1 Å². The van der Waals surface area contributed by atoms with E-state index in [1.165, 1.54) is 16.7 Å². The van der Waals surface area contributed by atoms with Crippen molar-refractivity contribution >= 4 is 105 Å². The summed E-state index contributed by atoms with van der Waals surface area (Å²) in [7, 11) is -11.8. The molecule has 0 amide bonds. The molecule has 0 radical (unpaired) electrons. The second-order valence-electron chi connectivity index (χ2n) is 26.1. The number of hydrogen-bond donors (Lipinski definition) is 3. The van der Waals surface area contributed by atoms with Crippen molar-refractivity contribution in [3.05, 3.63) is 126 Å². The lowest BCUT2D eigenvalue weighted by Crippen LogP contribution is -2.52. The van der Waals surface area contributed by atoms with E-state index in [4.69, 9.17) is 44.9 Å². The van der Waals surface area contributed by atoms with E-state index in [1.807, 2.05) is 60.7 Å². The highest BCUT2D eigenvalue weighted by molar-refractivity contribution is 8.00. The Labute approximate surface area is 542 Å². The average Bonchev–Trinajstić information content (AvgIpc) is 4.48. The second-order valence-corrected chi connectivity index (χ2v) is 54.2. The summed E-state index contributed by atoms with van der Waals surface area (Å²) in [5, 5.41) is 21.1. The van der Waals surface area contributed by atoms with Crippen molar-refractivity contribution in [2.24, 2.45) is 0 Å². The van der Waals surface area contributed by atoms with E-state index in [2.05, 4.69) is 172 Å². The zero-order chi connectivity index (χ0) is 63.4. The molecule has 4 atom stereocenters. The van der Waals surface area contributed by atoms with Crippen LogP contribution in [0.25, 0.3) is 18.2 Å². The van der Waals surface area contributed by atoms with E-state index in [0.717, 1.165) is 107 Å². The van der Waals surface area contributed by atoms with Crippen molar-refractivity contribution in [3.8, 4) is 0 Å². The standard InChI is InChI=1S/C38H64O6S2Si3.C18H40O6Si3.C9H10S/c1-38(2,46-28-16-24-35-21-13-10-14-22-35)37(40)32-42-26-18-30-48(5,6)44-49(7,8)43-47(3,4)29-17-25-41-31-36(39)33-45-27-15-23-34-19-11-9-12-20-34;1-25(2,11-7-9-19-13-17-15-21-17)23-27(5,6)24-26(3,4)12-8-10-20-14-18-16-22-18;10-8-4-7-9-5-2-1-3-6-9/h9-16,19-24,36-37,39-40H,17-18,25-33H2,1-8H3;17-18H,7-16H2,1-6H3;1-7,10H,8H2/b23-15+,24-16+;;7-4+. The molecule has 0 aromatic heterocycles. The molecule has 5 rings (SSSR count). The van der Waals surface area contributed by atoms with Gasteiger partial charge >= 0.3 is 17.1 Å². The van der Waals surface area contributed by atoms with Gasteiger partial charge in [0.25, 0.3) is 0 Å². The Balaban J connectivity index is 0.000000431. The topological polar surface area (TPSA) is 139 Å². The molecule has 2 saturated heterocycles. The first-order valence-electron chi connectivity index (χ1n) is 31.3. The maximum absolute atomic E-state index is 10.8. The fourth-order valence-corrected chi connectivity index (χ4v) is 39.3. The Morgan fingerprint density at radius 2 is 0.849 bits per heavy atom. The molecule has 2 fully saturated rings. The minimum atomic E-state index is -2.31. The van der Waals surface area contributed by atoms with Crippen LogP contribution in [0.15, 0.2) is 109 Å². The zero-order valence-electron chi connectivity index (χ0n) is 55.2. The third kappa shape index (κ3) is 42.0. The number of ether oxygens (including phenoxy) is 6. The number of hydrogen-bond acceptors (Lipinski definition) is 15. The molecule has 488 valence electrons. The average molecular weight is 1350 g/mol. The van der Waals surface area contributed by atoms with Gasteiger partial charge in [0, 0.05) is 54.2 Å².